The highest BCUT2D eigenvalue weighted by atomic mass is 15.1. The van der Waals surface area contributed by atoms with Crippen molar-refractivity contribution in [3.63, 3.8) is 0 Å². The first-order chi connectivity index (χ1) is 9.10. The summed E-state index contributed by atoms with van der Waals surface area (Å²) in [6.07, 6.45) is 8.90. The number of allylic oxidation sites excluding steroid dienone is 2. The second kappa shape index (κ2) is 7.63. The maximum Gasteiger partial charge on any atom is 0.0527 e. The van der Waals surface area contributed by atoms with Crippen LogP contribution in [0, 0.1) is 0 Å². The molecule has 0 saturated heterocycles. The summed E-state index contributed by atoms with van der Waals surface area (Å²) in [5.74, 6) is 0. The number of benzene rings is 1. The maximum atomic E-state index is 4.04. The van der Waals surface area contributed by atoms with Gasteiger partial charge in [-0.1, -0.05) is 63.1 Å². The second-order valence-corrected chi connectivity index (χ2v) is 4.96. The van der Waals surface area contributed by atoms with Crippen LogP contribution >= 0.6 is 0 Å². The van der Waals surface area contributed by atoms with Crippen LogP contribution in [0.3, 0.4) is 0 Å². The van der Waals surface area contributed by atoms with Crippen LogP contribution in [0.15, 0.2) is 54.4 Å². The molecule has 2 rings (SSSR count). The lowest BCUT2D eigenvalue weighted by Crippen LogP contribution is -2.17. The lowest BCUT2D eigenvalue weighted by molar-refractivity contribution is 0.886. The minimum Gasteiger partial charge on any atom is -0.317 e. The molecule has 0 aliphatic carbocycles. The molecule has 1 aliphatic rings. The van der Waals surface area contributed by atoms with Gasteiger partial charge in [0.15, 0.2) is 0 Å². The Morgan fingerprint density at radius 3 is 2.32 bits per heavy atom. The Balaban J connectivity index is 0.000000399. The van der Waals surface area contributed by atoms with Gasteiger partial charge in [0.25, 0.3) is 0 Å². The van der Waals surface area contributed by atoms with Crippen molar-refractivity contribution in [1.29, 1.82) is 0 Å². The minimum absolute atomic E-state index is 1.01. The van der Waals surface area contributed by atoms with Gasteiger partial charge in [0, 0.05) is 11.9 Å². The smallest absolute Gasteiger partial charge is 0.0527 e. The average molecular weight is 255 g/mol. The molecule has 0 atom stereocenters. The minimum atomic E-state index is 1.01. The fraction of sp³-hybridized carbons (Fsp3) is 0.333. The molecule has 0 N–H and O–H groups in total. The summed E-state index contributed by atoms with van der Waals surface area (Å²) in [4.78, 5) is 2.13. The highest BCUT2D eigenvalue weighted by molar-refractivity contribution is 5.77. The Labute approximate surface area is 118 Å². The van der Waals surface area contributed by atoms with Crippen LogP contribution < -0.4 is 4.90 Å². The summed E-state index contributed by atoms with van der Waals surface area (Å²) in [5, 5.41) is 0. The highest BCUT2D eigenvalue weighted by Crippen LogP contribution is 2.30. The standard InChI is InChI=1S/C14H15N.C4H10/c1-11(2)10-15-12(3)8-9-13-6-4-5-7-14(13)15;1-3-4-2/h4-10H,3H2,1-2H3;3-4H2,1-2H3. The molecular weight excluding hydrogens is 230 g/mol. The summed E-state index contributed by atoms with van der Waals surface area (Å²) in [6.45, 7) is 12.6. The molecular formula is C18H25N. The van der Waals surface area contributed by atoms with E-state index in [0.717, 1.165) is 5.70 Å². The van der Waals surface area contributed by atoms with Gasteiger partial charge < -0.3 is 4.90 Å². The van der Waals surface area contributed by atoms with Crippen molar-refractivity contribution in [1.82, 2.24) is 0 Å². The number of unbranched alkanes of at least 4 members (excludes halogenated alkanes) is 1. The number of hydrogen-bond donors (Lipinski definition) is 0. The van der Waals surface area contributed by atoms with Crippen LogP contribution in [-0.2, 0) is 0 Å². The normalized spacial score (nSPS) is 12.4. The van der Waals surface area contributed by atoms with Gasteiger partial charge in [-0.3, -0.25) is 0 Å². The van der Waals surface area contributed by atoms with Crippen molar-refractivity contribution in [3.05, 3.63) is 60.0 Å². The molecule has 0 aromatic heterocycles. The predicted octanol–water partition coefficient (Wildman–Crippen LogP) is 5.76. The summed E-state index contributed by atoms with van der Waals surface area (Å²) in [7, 11) is 0. The van der Waals surface area contributed by atoms with E-state index in [4.69, 9.17) is 0 Å². The van der Waals surface area contributed by atoms with E-state index in [1.54, 1.807) is 0 Å². The number of para-hydroxylation sites is 1. The number of rotatable bonds is 2. The third-order valence-corrected chi connectivity index (χ3v) is 2.85. The van der Waals surface area contributed by atoms with E-state index in [1.807, 2.05) is 6.08 Å². The molecule has 0 unspecified atom stereocenters. The molecule has 1 heterocycles. The molecule has 102 valence electrons. The molecule has 1 aliphatic heterocycles. The Morgan fingerprint density at radius 2 is 1.74 bits per heavy atom. The van der Waals surface area contributed by atoms with Gasteiger partial charge >= 0.3 is 0 Å². The Morgan fingerprint density at radius 1 is 1.11 bits per heavy atom. The molecule has 0 saturated carbocycles. The fourth-order valence-electron chi connectivity index (χ4n) is 1.68. The van der Waals surface area contributed by atoms with Crippen molar-refractivity contribution in [2.45, 2.75) is 40.5 Å². The summed E-state index contributed by atoms with van der Waals surface area (Å²) in [5.41, 5.74) is 4.71. The fourth-order valence-corrected chi connectivity index (χ4v) is 1.68. The van der Waals surface area contributed by atoms with E-state index < -0.39 is 0 Å². The Kier molecular flexibility index (Phi) is 6.14. The second-order valence-electron chi connectivity index (χ2n) is 4.96. The molecule has 1 heteroatoms. The molecule has 1 aromatic carbocycles. The van der Waals surface area contributed by atoms with Crippen molar-refractivity contribution in [2.24, 2.45) is 0 Å². The van der Waals surface area contributed by atoms with E-state index in [2.05, 4.69) is 75.7 Å². The van der Waals surface area contributed by atoms with Crippen LogP contribution in [0.25, 0.3) is 6.08 Å². The molecule has 0 spiro atoms. The van der Waals surface area contributed by atoms with E-state index >= 15 is 0 Å². The van der Waals surface area contributed by atoms with E-state index in [9.17, 15) is 0 Å². The SMILES string of the molecule is C=C1C=Cc2ccccc2N1C=C(C)C.CCCC. The molecule has 0 radical (unpaired) electrons. The zero-order valence-electron chi connectivity index (χ0n) is 12.6. The lowest BCUT2D eigenvalue weighted by Gasteiger charge is -2.26. The van der Waals surface area contributed by atoms with Gasteiger partial charge in [-0.2, -0.15) is 0 Å². The van der Waals surface area contributed by atoms with Crippen molar-refractivity contribution in [3.8, 4) is 0 Å². The van der Waals surface area contributed by atoms with Crippen molar-refractivity contribution in [2.75, 3.05) is 4.90 Å². The van der Waals surface area contributed by atoms with Crippen LogP contribution in [0.5, 0.6) is 0 Å². The van der Waals surface area contributed by atoms with E-state index in [1.165, 1.54) is 29.7 Å². The van der Waals surface area contributed by atoms with E-state index in [-0.39, 0.29) is 0 Å². The first kappa shape index (κ1) is 15.3. The molecule has 0 bridgehead atoms. The lowest BCUT2D eigenvalue weighted by atomic mass is 10.1. The van der Waals surface area contributed by atoms with Gasteiger partial charge in [-0.25, -0.2) is 0 Å². The van der Waals surface area contributed by atoms with Gasteiger partial charge in [0.2, 0.25) is 0 Å². The molecule has 0 amide bonds. The molecule has 1 aromatic rings. The summed E-state index contributed by atoms with van der Waals surface area (Å²) < 4.78 is 0. The van der Waals surface area contributed by atoms with Gasteiger partial charge in [0.05, 0.1) is 5.69 Å². The first-order valence-electron chi connectivity index (χ1n) is 7.00. The Bertz CT molecular complexity index is 474. The highest BCUT2D eigenvalue weighted by Gasteiger charge is 2.12. The van der Waals surface area contributed by atoms with Gasteiger partial charge in [0.1, 0.15) is 0 Å². The van der Waals surface area contributed by atoms with Crippen LogP contribution in [0.1, 0.15) is 46.1 Å². The number of hydrogen-bond acceptors (Lipinski definition) is 1. The third kappa shape index (κ3) is 4.44. The largest absolute Gasteiger partial charge is 0.317 e. The summed E-state index contributed by atoms with van der Waals surface area (Å²) >= 11 is 0. The first-order valence-corrected chi connectivity index (χ1v) is 7.00. The zero-order valence-corrected chi connectivity index (χ0v) is 12.6. The van der Waals surface area contributed by atoms with Crippen molar-refractivity contribution >= 4 is 11.8 Å². The molecule has 19 heavy (non-hydrogen) atoms. The van der Waals surface area contributed by atoms with Crippen LogP contribution in [-0.4, -0.2) is 0 Å². The summed E-state index contributed by atoms with van der Waals surface area (Å²) in [6, 6.07) is 8.34. The van der Waals surface area contributed by atoms with E-state index in [0.29, 0.717) is 0 Å². The van der Waals surface area contributed by atoms with Crippen LogP contribution in [0.4, 0.5) is 5.69 Å². The van der Waals surface area contributed by atoms with Crippen molar-refractivity contribution < 1.29 is 0 Å². The molecule has 0 fully saturated rings. The Hall–Kier alpha value is -1.76. The number of fused-ring (bicyclic) bond motifs is 1. The third-order valence-electron chi connectivity index (χ3n) is 2.85. The predicted molar refractivity (Wildman–Crippen MR) is 87.1 cm³/mol. The molecule has 1 nitrogen and oxygen atoms in total. The topological polar surface area (TPSA) is 3.24 Å². The van der Waals surface area contributed by atoms with Gasteiger partial charge in [-0.15, -0.1) is 0 Å². The van der Waals surface area contributed by atoms with Crippen LogP contribution in [0.2, 0.25) is 0 Å². The maximum absolute atomic E-state index is 4.04. The quantitative estimate of drug-likeness (QED) is 0.649. The van der Waals surface area contributed by atoms with Gasteiger partial charge in [-0.05, 0) is 31.6 Å². The monoisotopic (exact) mass is 255 g/mol. The number of nitrogens with zero attached hydrogens (tertiary/aromatic N) is 1. The average Bonchev–Trinajstić information content (AvgIpc) is 2.42. The number of anilines is 1. The zero-order chi connectivity index (χ0) is 14.3.